The van der Waals surface area contributed by atoms with Crippen LogP contribution in [0.3, 0.4) is 0 Å². The lowest BCUT2D eigenvalue weighted by Gasteiger charge is -2.44. The minimum Gasteiger partial charge on any atom is -0.481 e. The molecule has 5 nitrogen and oxygen atoms in total. The van der Waals surface area contributed by atoms with E-state index in [0.29, 0.717) is 0 Å². The monoisotopic (exact) mass is 361 g/mol. The highest BCUT2D eigenvalue weighted by Crippen LogP contribution is 2.45. The number of carboxylic acid groups (broad SMARTS) is 1. The van der Waals surface area contributed by atoms with Gasteiger partial charge in [-0.2, -0.15) is 0 Å². The van der Waals surface area contributed by atoms with Crippen molar-refractivity contribution < 1.29 is 28.2 Å². The van der Waals surface area contributed by atoms with Crippen LogP contribution in [0.15, 0.2) is 48.5 Å². The van der Waals surface area contributed by atoms with Gasteiger partial charge in [0.05, 0.1) is 5.41 Å². The van der Waals surface area contributed by atoms with Gasteiger partial charge in [-0.3, -0.25) is 4.79 Å². The number of hydrogen-bond acceptors (Lipinski definition) is 3. The summed E-state index contributed by atoms with van der Waals surface area (Å²) in [5.41, 5.74) is -0.942. The Morgan fingerprint density at radius 3 is 2.46 bits per heavy atom. The molecule has 0 atom stereocenters. The molecule has 2 aromatic carbocycles. The zero-order valence-electron chi connectivity index (χ0n) is 13.7. The Labute approximate surface area is 148 Å². The van der Waals surface area contributed by atoms with E-state index >= 15 is 0 Å². The van der Waals surface area contributed by atoms with E-state index in [1.807, 2.05) is 18.2 Å². The predicted octanol–water partition coefficient (Wildman–Crippen LogP) is 3.38. The Balaban J connectivity index is 1.61. The number of benzene rings is 2. The standard InChI is InChI=1S/C19H17F2NO4/c20-15-8-4-7-14(16(15)21)19(17(23)24)9-13(10-19)22-18(25)26-11-12-5-2-1-3-6-12/h1-8,13H,9-11H2,(H,22,25)(H,23,24). The number of hydrogen-bond donors (Lipinski definition) is 2. The average Bonchev–Trinajstić information content (AvgIpc) is 2.59. The van der Waals surface area contributed by atoms with Gasteiger partial charge < -0.3 is 15.2 Å². The largest absolute Gasteiger partial charge is 0.481 e. The van der Waals surface area contributed by atoms with Crippen molar-refractivity contribution in [1.82, 2.24) is 5.32 Å². The highest BCUT2D eigenvalue weighted by molar-refractivity contribution is 5.83. The third kappa shape index (κ3) is 3.37. The molecule has 2 aromatic rings. The zero-order valence-corrected chi connectivity index (χ0v) is 13.7. The fourth-order valence-electron chi connectivity index (χ4n) is 3.20. The first-order valence-corrected chi connectivity index (χ1v) is 8.07. The van der Waals surface area contributed by atoms with Crippen LogP contribution in [-0.4, -0.2) is 23.2 Å². The van der Waals surface area contributed by atoms with Gasteiger partial charge in [-0.25, -0.2) is 13.6 Å². The highest BCUT2D eigenvalue weighted by atomic mass is 19.2. The van der Waals surface area contributed by atoms with Gasteiger partial charge in [0.25, 0.3) is 0 Å². The van der Waals surface area contributed by atoms with Gasteiger partial charge in [0.1, 0.15) is 6.61 Å². The molecule has 0 saturated heterocycles. The van der Waals surface area contributed by atoms with Gasteiger partial charge in [-0.15, -0.1) is 0 Å². The van der Waals surface area contributed by atoms with Crippen molar-refractivity contribution in [2.45, 2.75) is 30.9 Å². The maximum atomic E-state index is 14.0. The van der Waals surface area contributed by atoms with E-state index in [9.17, 15) is 23.5 Å². The number of alkyl carbamates (subject to hydrolysis) is 1. The molecule has 0 aromatic heterocycles. The summed E-state index contributed by atoms with van der Waals surface area (Å²) in [6.07, 6.45) is -0.760. The first kappa shape index (κ1) is 17.8. The number of ether oxygens (including phenoxy) is 1. The molecule has 1 amide bonds. The summed E-state index contributed by atoms with van der Waals surface area (Å²) >= 11 is 0. The Hall–Kier alpha value is -2.96. The summed E-state index contributed by atoms with van der Waals surface area (Å²) in [4.78, 5) is 23.5. The second kappa shape index (κ2) is 7.11. The van der Waals surface area contributed by atoms with Crippen LogP contribution in [-0.2, 0) is 21.6 Å². The molecule has 0 aliphatic heterocycles. The van der Waals surface area contributed by atoms with Gasteiger partial charge in [0.2, 0.25) is 0 Å². The number of carboxylic acids is 1. The van der Waals surface area contributed by atoms with E-state index in [1.54, 1.807) is 12.1 Å². The number of nitrogens with one attached hydrogen (secondary N) is 1. The van der Waals surface area contributed by atoms with E-state index < -0.39 is 35.2 Å². The van der Waals surface area contributed by atoms with E-state index in [4.69, 9.17) is 4.74 Å². The Bertz CT molecular complexity index is 820. The number of amides is 1. The van der Waals surface area contributed by atoms with Crippen molar-refractivity contribution in [3.63, 3.8) is 0 Å². The molecular formula is C19H17F2NO4. The lowest BCUT2D eigenvalue weighted by Crippen LogP contribution is -2.57. The van der Waals surface area contributed by atoms with Crippen molar-refractivity contribution >= 4 is 12.1 Å². The lowest BCUT2D eigenvalue weighted by molar-refractivity contribution is -0.148. The van der Waals surface area contributed by atoms with Crippen molar-refractivity contribution in [3.05, 3.63) is 71.3 Å². The Morgan fingerprint density at radius 2 is 1.81 bits per heavy atom. The van der Waals surface area contributed by atoms with Crippen molar-refractivity contribution in [3.8, 4) is 0 Å². The van der Waals surface area contributed by atoms with Crippen molar-refractivity contribution in [1.29, 1.82) is 0 Å². The third-order valence-corrected chi connectivity index (χ3v) is 4.60. The molecule has 0 bridgehead atoms. The molecule has 0 radical (unpaired) electrons. The quantitative estimate of drug-likeness (QED) is 0.856. The number of carbonyl (C=O) groups excluding carboxylic acids is 1. The first-order chi connectivity index (χ1) is 12.4. The van der Waals surface area contributed by atoms with Crippen molar-refractivity contribution in [2.75, 3.05) is 0 Å². The lowest BCUT2D eigenvalue weighted by atomic mass is 9.61. The summed E-state index contributed by atoms with van der Waals surface area (Å²) in [6, 6.07) is 12.1. The van der Waals surface area contributed by atoms with Crippen LogP contribution in [0, 0.1) is 11.6 Å². The number of aliphatic carboxylic acids is 1. The Kier molecular flexibility index (Phi) is 4.88. The molecule has 1 fully saturated rings. The van der Waals surface area contributed by atoms with E-state index in [0.717, 1.165) is 11.6 Å². The minimum absolute atomic E-state index is 0.0385. The number of carbonyl (C=O) groups is 2. The van der Waals surface area contributed by atoms with E-state index in [2.05, 4.69) is 5.32 Å². The second-order valence-electron chi connectivity index (χ2n) is 6.30. The smallest absolute Gasteiger partial charge is 0.407 e. The molecule has 0 heterocycles. The minimum atomic E-state index is -1.55. The van der Waals surface area contributed by atoms with Gasteiger partial charge in [-0.05, 0) is 24.5 Å². The predicted molar refractivity (Wildman–Crippen MR) is 88.5 cm³/mol. The molecular weight excluding hydrogens is 344 g/mol. The number of rotatable bonds is 5. The molecule has 0 spiro atoms. The summed E-state index contributed by atoms with van der Waals surface area (Å²) in [7, 11) is 0. The average molecular weight is 361 g/mol. The molecule has 1 aliphatic carbocycles. The van der Waals surface area contributed by atoms with Crippen molar-refractivity contribution in [2.24, 2.45) is 0 Å². The molecule has 0 unspecified atom stereocenters. The summed E-state index contributed by atoms with van der Waals surface area (Å²) in [5.74, 6) is -3.51. The SMILES string of the molecule is O=C(NC1CC(C(=O)O)(c2cccc(F)c2F)C1)OCc1ccccc1. The zero-order chi connectivity index (χ0) is 18.7. The molecule has 1 saturated carbocycles. The van der Waals surface area contributed by atoms with Crippen LogP contribution in [0.2, 0.25) is 0 Å². The maximum Gasteiger partial charge on any atom is 0.407 e. The van der Waals surface area contributed by atoms with Crippen LogP contribution in [0.4, 0.5) is 13.6 Å². The molecule has 136 valence electrons. The first-order valence-electron chi connectivity index (χ1n) is 8.07. The van der Waals surface area contributed by atoms with Gasteiger partial charge in [0.15, 0.2) is 11.6 Å². The molecule has 1 aliphatic rings. The maximum absolute atomic E-state index is 14.0. The topological polar surface area (TPSA) is 75.6 Å². The van der Waals surface area contributed by atoms with E-state index in [1.165, 1.54) is 12.1 Å². The second-order valence-corrected chi connectivity index (χ2v) is 6.30. The van der Waals surface area contributed by atoms with Gasteiger partial charge in [-0.1, -0.05) is 42.5 Å². The van der Waals surface area contributed by atoms with Crippen LogP contribution in [0.5, 0.6) is 0 Å². The van der Waals surface area contributed by atoms with Gasteiger partial charge >= 0.3 is 12.1 Å². The third-order valence-electron chi connectivity index (χ3n) is 4.60. The normalized spacial score (nSPS) is 21.5. The summed E-state index contributed by atoms with van der Waals surface area (Å²) < 4.78 is 32.6. The fraction of sp³-hybridized carbons (Fsp3) is 0.263. The highest BCUT2D eigenvalue weighted by Gasteiger charge is 2.54. The van der Waals surface area contributed by atoms with Gasteiger partial charge in [0, 0.05) is 11.6 Å². The van der Waals surface area contributed by atoms with Crippen LogP contribution < -0.4 is 5.32 Å². The fourth-order valence-corrected chi connectivity index (χ4v) is 3.20. The summed E-state index contributed by atoms with van der Waals surface area (Å²) in [5, 5.41) is 12.1. The van der Waals surface area contributed by atoms with E-state index in [-0.39, 0.29) is 25.0 Å². The van der Waals surface area contributed by atoms with Crippen LogP contribution in [0.1, 0.15) is 24.0 Å². The molecule has 26 heavy (non-hydrogen) atoms. The van der Waals surface area contributed by atoms with Crippen LogP contribution in [0.25, 0.3) is 0 Å². The Morgan fingerprint density at radius 1 is 1.12 bits per heavy atom. The van der Waals surface area contributed by atoms with Crippen LogP contribution >= 0.6 is 0 Å². The summed E-state index contributed by atoms with van der Waals surface area (Å²) in [6.45, 7) is 0.0853. The number of halogens is 2. The molecule has 3 rings (SSSR count). The molecule has 7 heteroatoms. The molecule has 2 N–H and O–H groups in total.